The van der Waals surface area contributed by atoms with E-state index in [2.05, 4.69) is 24.2 Å². The Morgan fingerprint density at radius 3 is 3.07 bits per heavy atom. The van der Waals surface area contributed by atoms with E-state index in [0.717, 1.165) is 31.5 Å². The Bertz CT molecular complexity index is 247. The van der Waals surface area contributed by atoms with Crippen molar-refractivity contribution in [3.63, 3.8) is 0 Å². The maximum Gasteiger partial charge on any atom is 0.156 e. The second kappa shape index (κ2) is 4.74. The monoisotopic (exact) mass is 228 g/mol. The minimum atomic E-state index is 0.367. The first kappa shape index (κ1) is 11.3. The van der Waals surface area contributed by atoms with E-state index in [-0.39, 0.29) is 0 Å². The summed E-state index contributed by atoms with van der Waals surface area (Å²) in [5, 5.41) is 4.56. The summed E-state index contributed by atoms with van der Waals surface area (Å²) in [5.74, 6) is 1.85. The standard InChI is InChI=1S/C11H20N2OS/c1-11(2)7-13-10(15-8-11)12-5-9-3-4-14-6-9/h9H,3-8H2,1-2H3,(H,12,13). The molecular formula is C11H20N2OS. The zero-order valence-corrected chi connectivity index (χ0v) is 10.4. The summed E-state index contributed by atoms with van der Waals surface area (Å²) in [7, 11) is 0. The minimum absolute atomic E-state index is 0.367. The Kier molecular flexibility index (Phi) is 3.57. The van der Waals surface area contributed by atoms with Crippen molar-refractivity contribution >= 4 is 16.9 Å². The number of nitrogens with zero attached hydrogens (tertiary/aromatic N) is 1. The molecule has 1 N–H and O–H groups in total. The van der Waals surface area contributed by atoms with Gasteiger partial charge in [-0.05, 0) is 11.8 Å². The molecule has 2 heterocycles. The second-order valence-corrected chi connectivity index (χ2v) is 6.15. The smallest absolute Gasteiger partial charge is 0.156 e. The van der Waals surface area contributed by atoms with Gasteiger partial charge in [-0.3, -0.25) is 4.99 Å². The number of aliphatic imine (C=N–C) groups is 1. The van der Waals surface area contributed by atoms with Gasteiger partial charge in [-0.2, -0.15) is 0 Å². The molecule has 0 aromatic heterocycles. The summed E-state index contributed by atoms with van der Waals surface area (Å²) in [6.45, 7) is 8.35. The third-order valence-corrected chi connectivity index (χ3v) is 4.29. The zero-order valence-electron chi connectivity index (χ0n) is 9.58. The molecule has 1 fully saturated rings. The molecule has 0 aliphatic carbocycles. The van der Waals surface area contributed by atoms with Gasteiger partial charge in [-0.25, -0.2) is 0 Å². The van der Waals surface area contributed by atoms with Crippen molar-refractivity contribution in [1.82, 2.24) is 5.32 Å². The fourth-order valence-corrected chi connectivity index (χ4v) is 2.68. The van der Waals surface area contributed by atoms with Gasteiger partial charge in [0.05, 0.1) is 6.61 Å². The summed E-state index contributed by atoms with van der Waals surface area (Å²) in [4.78, 5) is 4.57. The third-order valence-electron chi connectivity index (χ3n) is 2.82. The van der Waals surface area contributed by atoms with Crippen LogP contribution in [-0.4, -0.2) is 37.2 Å². The fourth-order valence-electron chi connectivity index (χ4n) is 1.72. The summed E-state index contributed by atoms with van der Waals surface area (Å²) in [5.41, 5.74) is 0.367. The highest BCUT2D eigenvalue weighted by atomic mass is 32.2. The van der Waals surface area contributed by atoms with Gasteiger partial charge in [-0.15, -0.1) is 0 Å². The van der Waals surface area contributed by atoms with E-state index < -0.39 is 0 Å². The largest absolute Gasteiger partial charge is 0.381 e. The lowest BCUT2D eigenvalue weighted by Gasteiger charge is -2.27. The van der Waals surface area contributed by atoms with Gasteiger partial charge in [0.25, 0.3) is 0 Å². The van der Waals surface area contributed by atoms with Crippen LogP contribution in [0.4, 0.5) is 0 Å². The van der Waals surface area contributed by atoms with Crippen molar-refractivity contribution in [1.29, 1.82) is 0 Å². The lowest BCUT2D eigenvalue weighted by atomic mass is 9.97. The van der Waals surface area contributed by atoms with Crippen LogP contribution in [0, 0.1) is 11.3 Å². The molecule has 1 saturated heterocycles. The lowest BCUT2D eigenvalue weighted by Crippen LogP contribution is -2.33. The predicted molar refractivity (Wildman–Crippen MR) is 65.5 cm³/mol. The molecule has 0 aromatic carbocycles. The van der Waals surface area contributed by atoms with Gasteiger partial charge in [-0.1, -0.05) is 25.6 Å². The summed E-state index contributed by atoms with van der Waals surface area (Å²) in [6.07, 6.45) is 1.19. The van der Waals surface area contributed by atoms with Crippen LogP contribution in [0.3, 0.4) is 0 Å². The first-order valence-electron chi connectivity index (χ1n) is 5.65. The molecule has 0 amide bonds. The Hall–Kier alpha value is -0.220. The highest BCUT2D eigenvalue weighted by Gasteiger charge is 2.24. The molecule has 0 radical (unpaired) electrons. The number of hydrogen-bond acceptors (Lipinski definition) is 4. The Morgan fingerprint density at radius 2 is 2.47 bits per heavy atom. The van der Waals surface area contributed by atoms with Gasteiger partial charge < -0.3 is 10.1 Å². The van der Waals surface area contributed by atoms with Crippen LogP contribution in [0.15, 0.2) is 4.99 Å². The van der Waals surface area contributed by atoms with Crippen molar-refractivity contribution in [2.75, 3.05) is 32.1 Å². The van der Waals surface area contributed by atoms with E-state index in [1.54, 1.807) is 0 Å². The topological polar surface area (TPSA) is 33.6 Å². The second-order valence-electron chi connectivity index (χ2n) is 5.18. The van der Waals surface area contributed by atoms with Crippen LogP contribution in [0.5, 0.6) is 0 Å². The summed E-state index contributed by atoms with van der Waals surface area (Å²) >= 11 is 1.85. The van der Waals surface area contributed by atoms with Crippen LogP contribution in [0.1, 0.15) is 20.3 Å². The van der Waals surface area contributed by atoms with Gasteiger partial charge in [0, 0.05) is 31.4 Å². The predicted octanol–water partition coefficient (Wildman–Crippen LogP) is 1.74. The minimum Gasteiger partial charge on any atom is -0.381 e. The number of thioether (sulfide) groups is 1. The van der Waals surface area contributed by atoms with Crippen molar-refractivity contribution in [3.8, 4) is 0 Å². The van der Waals surface area contributed by atoms with Gasteiger partial charge in [0.15, 0.2) is 5.17 Å². The van der Waals surface area contributed by atoms with Crippen LogP contribution >= 0.6 is 11.8 Å². The third kappa shape index (κ3) is 3.38. The molecular weight excluding hydrogens is 208 g/mol. The van der Waals surface area contributed by atoms with E-state index in [1.165, 1.54) is 12.2 Å². The number of ether oxygens (including phenoxy) is 1. The Morgan fingerprint density at radius 1 is 1.60 bits per heavy atom. The summed E-state index contributed by atoms with van der Waals surface area (Å²) in [6, 6.07) is 0. The molecule has 2 rings (SSSR count). The number of nitrogens with one attached hydrogen (secondary N) is 1. The van der Waals surface area contributed by atoms with E-state index in [9.17, 15) is 0 Å². The Labute approximate surface area is 96.1 Å². The number of amidine groups is 1. The van der Waals surface area contributed by atoms with Crippen LogP contribution in [-0.2, 0) is 4.74 Å². The normalized spacial score (nSPS) is 30.0. The van der Waals surface area contributed by atoms with Crippen molar-refractivity contribution < 1.29 is 4.74 Å². The van der Waals surface area contributed by atoms with Crippen LogP contribution < -0.4 is 5.32 Å². The molecule has 1 unspecified atom stereocenters. The SMILES string of the molecule is CC1(C)CN=C(NCC2CCOC2)SC1. The van der Waals surface area contributed by atoms with Gasteiger partial charge >= 0.3 is 0 Å². The van der Waals surface area contributed by atoms with Crippen LogP contribution in [0.2, 0.25) is 0 Å². The highest BCUT2D eigenvalue weighted by Crippen LogP contribution is 2.27. The highest BCUT2D eigenvalue weighted by molar-refractivity contribution is 8.13. The molecule has 86 valence electrons. The van der Waals surface area contributed by atoms with Crippen molar-refractivity contribution in [2.24, 2.45) is 16.3 Å². The van der Waals surface area contributed by atoms with Crippen LogP contribution in [0.25, 0.3) is 0 Å². The molecule has 0 spiro atoms. The first-order chi connectivity index (χ1) is 7.16. The average Bonchev–Trinajstić information content (AvgIpc) is 2.69. The molecule has 3 nitrogen and oxygen atoms in total. The average molecular weight is 228 g/mol. The van der Waals surface area contributed by atoms with Gasteiger partial charge in [0.1, 0.15) is 0 Å². The van der Waals surface area contributed by atoms with E-state index >= 15 is 0 Å². The lowest BCUT2D eigenvalue weighted by molar-refractivity contribution is 0.186. The molecule has 15 heavy (non-hydrogen) atoms. The number of hydrogen-bond donors (Lipinski definition) is 1. The van der Waals surface area contributed by atoms with Crippen molar-refractivity contribution in [3.05, 3.63) is 0 Å². The fraction of sp³-hybridized carbons (Fsp3) is 0.909. The van der Waals surface area contributed by atoms with E-state index in [1.807, 2.05) is 11.8 Å². The first-order valence-corrected chi connectivity index (χ1v) is 6.63. The van der Waals surface area contributed by atoms with E-state index in [4.69, 9.17) is 4.74 Å². The molecule has 2 aliphatic heterocycles. The summed E-state index contributed by atoms with van der Waals surface area (Å²) < 4.78 is 5.34. The molecule has 4 heteroatoms. The van der Waals surface area contributed by atoms with E-state index in [0.29, 0.717) is 11.3 Å². The molecule has 1 atom stereocenters. The van der Waals surface area contributed by atoms with Crippen molar-refractivity contribution in [2.45, 2.75) is 20.3 Å². The molecule has 2 aliphatic rings. The maximum absolute atomic E-state index is 5.34. The van der Waals surface area contributed by atoms with Gasteiger partial charge in [0.2, 0.25) is 0 Å². The quantitative estimate of drug-likeness (QED) is 0.781. The molecule has 0 bridgehead atoms. The Balaban J connectivity index is 1.73. The molecule has 0 aromatic rings. The number of rotatable bonds is 2. The maximum atomic E-state index is 5.34. The molecule has 0 saturated carbocycles. The zero-order chi connectivity index (χ0) is 10.7.